The van der Waals surface area contributed by atoms with E-state index in [0.29, 0.717) is 58.1 Å². The molecule has 280 valence electrons. The molecule has 6 rings (SSSR count). The number of oxazole rings is 1. The van der Waals surface area contributed by atoms with Gasteiger partial charge in [0.2, 0.25) is 29.5 Å². The van der Waals surface area contributed by atoms with Gasteiger partial charge < -0.3 is 30.3 Å². The van der Waals surface area contributed by atoms with Gasteiger partial charge in [-0.15, -0.1) is 0 Å². The van der Waals surface area contributed by atoms with E-state index in [2.05, 4.69) is 35.7 Å². The van der Waals surface area contributed by atoms with Crippen molar-refractivity contribution in [1.82, 2.24) is 38.9 Å². The fraction of sp³-hybridized carbons (Fsp3) is 0.286. The number of pyridine rings is 1. The van der Waals surface area contributed by atoms with Crippen LogP contribution in [0.3, 0.4) is 0 Å². The van der Waals surface area contributed by atoms with Crippen molar-refractivity contribution < 1.29 is 33.4 Å². The second-order valence-corrected chi connectivity index (χ2v) is 12.2. The minimum Gasteiger partial charge on any atom is -0.491 e. The summed E-state index contributed by atoms with van der Waals surface area (Å²) in [6.07, 6.45) is 5.21. The van der Waals surface area contributed by atoms with Crippen molar-refractivity contribution in [3.05, 3.63) is 82.5 Å². The Balaban J connectivity index is 1.37. The van der Waals surface area contributed by atoms with Crippen LogP contribution in [0.2, 0.25) is 0 Å². The molecule has 0 bridgehead atoms. The fourth-order valence-electron chi connectivity index (χ4n) is 5.81. The monoisotopic (exact) mass is 738 g/mol. The molecule has 0 aliphatic heterocycles. The van der Waals surface area contributed by atoms with Gasteiger partial charge in [0.15, 0.2) is 11.5 Å². The summed E-state index contributed by atoms with van der Waals surface area (Å²) >= 11 is 0. The first-order chi connectivity index (χ1) is 25.9. The quantitative estimate of drug-likeness (QED) is 0.0752. The lowest BCUT2D eigenvalue weighted by atomic mass is 10.1. The molecule has 1 aromatic carbocycles. The second kappa shape index (κ2) is 15.4. The van der Waals surface area contributed by atoms with Crippen molar-refractivity contribution in [2.45, 2.75) is 53.8 Å². The van der Waals surface area contributed by atoms with E-state index in [9.17, 15) is 24.3 Å². The number of allylic oxidation sites excluding steroid dienone is 2. The Morgan fingerprint density at radius 3 is 2.22 bits per heavy atom. The molecule has 5 heterocycles. The van der Waals surface area contributed by atoms with Crippen molar-refractivity contribution in [3.63, 3.8) is 0 Å². The molecular formula is C35H38N12O7. The van der Waals surface area contributed by atoms with Crippen molar-refractivity contribution >= 4 is 57.7 Å². The third-order valence-corrected chi connectivity index (χ3v) is 8.26. The highest BCUT2D eigenvalue weighted by Gasteiger charge is 2.23. The number of aromatic nitrogens is 8. The molecule has 7 N–H and O–H groups in total. The molecule has 0 saturated heterocycles. The molecule has 54 heavy (non-hydrogen) atoms. The number of nitrogens with zero attached hydrogens (tertiary/aromatic N) is 8. The number of primary amides is 2. The number of nitrogens with one attached hydrogen (secondary N) is 2. The fourth-order valence-corrected chi connectivity index (χ4v) is 5.81. The molecule has 0 unspecified atom stereocenters. The van der Waals surface area contributed by atoms with Crippen molar-refractivity contribution in [3.8, 4) is 5.75 Å². The van der Waals surface area contributed by atoms with E-state index < -0.39 is 23.6 Å². The topological polar surface area (TPSA) is 266 Å². The molecule has 0 aliphatic rings. The normalized spacial score (nSPS) is 11.5. The van der Waals surface area contributed by atoms with E-state index in [-0.39, 0.29) is 60.8 Å². The largest absolute Gasteiger partial charge is 0.491 e. The minimum absolute atomic E-state index is 0.00426. The van der Waals surface area contributed by atoms with Gasteiger partial charge in [-0.2, -0.15) is 5.10 Å². The average Bonchev–Trinajstić information content (AvgIpc) is 3.88. The van der Waals surface area contributed by atoms with E-state index in [4.69, 9.17) is 20.6 Å². The van der Waals surface area contributed by atoms with E-state index in [1.165, 1.54) is 24.4 Å². The van der Waals surface area contributed by atoms with Crippen LogP contribution in [0.15, 0.2) is 47.0 Å². The number of carbonyl (C=O) groups excluding carboxylic acids is 4. The van der Waals surface area contributed by atoms with Gasteiger partial charge >= 0.3 is 0 Å². The van der Waals surface area contributed by atoms with Crippen LogP contribution in [0.1, 0.15) is 72.4 Å². The van der Waals surface area contributed by atoms with Crippen LogP contribution in [0, 0.1) is 20.8 Å². The number of anilines is 2. The minimum atomic E-state index is -0.710. The molecule has 0 atom stereocenters. The number of amides is 4. The van der Waals surface area contributed by atoms with Crippen LogP contribution in [0.4, 0.5) is 11.9 Å². The van der Waals surface area contributed by atoms with Crippen molar-refractivity contribution in [1.29, 1.82) is 0 Å². The van der Waals surface area contributed by atoms with Crippen LogP contribution in [-0.2, 0) is 19.6 Å². The molecule has 0 saturated carbocycles. The highest BCUT2D eigenvalue weighted by molar-refractivity contribution is 6.05. The predicted molar refractivity (Wildman–Crippen MR) is 195 cm³/mol. The van der Waals surface area contributed by atoms with Gasteiger partial charge in [-0.3, -0.25) is 39.1 Å². The molecule has 0 spiro atoms. The highest BCUT2D eigenvalue weighted by Crippen LogP contribution is 2.32. The first-order valence-corrected chi connectivity index (χ1v) is 16.9. The molecule has 0 radical (unpaired) electrons. The number of nitrogens with two attached hydrogens (primary N) is 2. The van der Waals surface area contributed by atoms with Crippen LogP contribution >= 0.6 is 0 Å². The summed E-state index contributed by atoms with van der Waals surface area (Å²) in [5.41, 5.74) is 14.2. The van der Waals surface area contributed by atoms with Gasteiger partial charge in [0.1, 0.15) is 22.5 Å². The maximum atomic E-state index is 13.4. The molecular weight excluding hydrogens is 700 g/mol. The van der Waals surface area contributed by atoms with Crippen molar-refractivity contribution in [2.75, 3.05) is 23.8 Å². The number of hydrogen-bond donors (Lipinski definition) is 5. The Labute approximate surface area is 307 Å². The predicted octanol–water partition coefficient (Wildman–Crippen LogP) is 2.63. The number of fused-ring (bicyclic) bond motifs is 2. The molecule has 0 fully saturated rings. The van der Waals surface area contributed by atoms with Gasteiger partial charge in [-0.1, -0.05) is 12.2 Å². The zero-order chi connectivity index (χ0) is 38.7. The lowest BCUT2D eigenvalue weighted by Gasteiger charge is -2.12. The van der Waals surface area contributed by atoms with Crippen molar-refractivity contribution in [2.24, 2.45) is 11.5 Å². The number of aliphatic hydroxyl groups excluding tert-OH is 1. The molecule has 4 amide bonds. The van der Waals surface area contributed by atoms with E-state index in [1.807, 2.05) is 6.92 Å². The summed E-state index contributed by atoms with van der Waals surface area (Å²) in [6, 6.07) is 6.12. The molecule has 0 aliphatic carbocycles. The standard InChI is InChI=1S/C35H38N12O7/c1-5-47-25(13-18(2)44-47)32(51)42-35-41-24-15-22(30(37)50)17-38-31(24)46(35)10-7-6-9-45-27-23(14-21(29(36)49)16-26(27)53-12-8-11-48)40-34(45)43-33(52)28-19(3)39-20(4)54-28/h6-7,13-17,48H,5,8-12H2,1-4H3,(H2,36,49)(H2,37,50)(H,40,43,52)(H,41,42,51)/b7-6+. The Morgan fingerprint density at radius 1 is 0.889 bits per heavy atom. The van der Waals surface area contributed by atoms with E-state index >= 15 is 0 Å². The number of hydrogen-bond acceptors (Lipinski definition) is 12. The third-order valence-electron chi connectivity index (χ3n) is 8.26. The van der Waals surface area contributed by atoms with E-state index in [0.717, 1.165) is 0 Å². The Kier molecular flexibility index (Phi) is 10.5. The van der Waals surface area contributed by atoms with Gasteiger partial charge in [0.05, 0.1) is 29.1 Å². The van der Waals surface area contributed by atoms with Crippen LogP contribution in [-0.4, -0.2) is 80.8 Å². The maximum Gasteiger partial charge on any atom is 0.295 e. The molecule has 19 nitrogen and oxygen atoms in total. The maximum absolute atomic E-state index is 13.4. The second-order valence-electron chi connectivity index (χ2n) is 12.2. The number of carbonyl (C=O) groups is 4. The summed E-state index contributed by atoms with van der Waals surface area (Å²) in [5.74, 6) is -1.60. The summed E-state index contributed by atoms with van der Waals surface area (Å²) in [7, 11) is 0. The zero-order valence-electron chi connectivity index (χ0n) is 29.9. The summed E-state index contributed by atoms with van der Waals surface area (Å²) in [5, 5.41) is 19.3. The molecule has 5 aromatic heterocycles. The number of aliphatic hydroxyl groups is 1. The molecule has 19 heteroatoms. The Hall–Kier alpha value is -6.89. The smallest absolute Gasteiger partial charge is 0.295 e. The first-order valence-electron chi connectivity index (χ1n) is 16.9. The number of aryl methyl sites for hydroxylation is 4. The number of imidazole rings is 2. The van der Waals surface area contributed by atoms with E-state index in [1.54, 1.807) is 52.8 Å². The van der Waals surface area contributed by atoms with Gasteiger partial charge in [-0.05, 0) is 45.0 Å². The lowest BCUT2D eigenvalue weighted by Crippen LogP contribution is -2.20. The lowest BCUT2D eigenvalue weighted by molar-refractivity contribution is 0.0987. The number of ether oxygens (including phenoxy) is 1. The van der Waals surface area contributed by atoms with Gasteiger partial charge in [0.25, 0.3) is 11.8 Å². The first kappa shape index (κ1) is 36.9. The number of rotatable bonds is 15. The molecule has 6 aromatic rings. The van der Waals surface area contributed by atoms with Crippen LogP contribution < -0.4 is 26.8 Å². The Bertz CT molecular complexity index is 2450. The zero-order valence-corrected chi connectivity index (χ0v) is 29.9. The van der Waals surface area contributed by atoms with Crippen LogP contribution in [0.5, 0.6) is 5.75 Å². The Morgan fingerprint density at radius 2 is 1.56 bits per heavy atom. The SMILES string of the molecule is CCn1nc(C)cc1C(=O)Nc1nc2cc(C(N)=O)cnc2n1C/C=C/Cn1c(NC(=O)c2oc(C)nc2C)nc2cc(C(N)=O)cc(OCCCO)c21. The van der Waals surface area contributed by atoms with Gasteiger partial charge in [-0.25, -0.2) is 19.9 Å². The van der Waals surface area contributed by atoms with Crippen LogP contribution in [0.25, 0.3) is 22.2 Å². The third kappa shape index (κ3) is 7.51. The van der Waals surface area contributed by atoms with Gasteiger partial charge in [0, 0.05) is 51.3 Å². The summed E-state index contributed by atoms with van der Waals surface area (Å²) in [6.45, 7) is 7.67. The summed E-state index contributed by atoms with van der Waals surface area (Å²) in [4.78, 5) is 68.7. The highest BCUT2D eigenvalue weighted by atomic mass is 16.5. The average molecular weight is 739 g/mol. The summed E-state index contributed by atoms with van der Waals surface area (Å²) < 4.78 is 16.4. The number of benzene rings is 1.